The standard InChI is InChI=1S/C11H15N3/c1-7-10(14(3)4)6-5-9-11(7)13-8(2)12-9/h5-6,10H,1H2,2-4H3,(H,12,13). The van der Waals surface area contributed by atoms with Gasteiger partial charge in [-0.3, -0.25) is 4.90 Å². The van der Waals surface area contributed by atoms with E-state index in [0.717, 1.165) is 22.8 Å². The van der Waals surface area contributed by atoms with Gasteiger partial charge in [0.25, 0.3) is 0 Å². The van der Waals surface area contributed by atoms with Crippen molar-refractivity contribution in [3.05, 3.63) is 29.9 Å². The molecule has 0 saturated heterocycles. The second-order valence-corrected chi connectivity index (χ2v) is 3.88. The van der Waals surface area contributed by atoms with E-state index in [-0.39, 0.29) is 6.04 Å². The van der Waals surface area contributed by atoms with Crippen molar-refractivity contribution in [2.24, 2.45) is 0 Å². The van der Waals surface area contributed by atoms with Crippen molar-refractivity contribution in [3.8, 4) is 0 Å². The normalized spacial score (nSPS) is 20.3. The summed E-state index contributed by atoms with van der Waals surface area (Å²) in [4.78, 5) is 9.77. The highest BCUT2D eigenvalue weighted by molar-refractivity contribution is 5.78. The lowest BCUT2D eigenvalue weighted by atomic mass is 9.97. The van der Waals surface area contributed by atoms with Crippen LogP contribution in [0.4, 0.5) is 0 Å². The highest BCUT2D eigenvalue weighted by Crippen LogP contribution is 2.27. The molecule has 3 heteroatoms. The molecule has 1 atom stereocenters. The number of fused-ring (bicyclic) bond motifs is 1. The third-order valence-electron chi connectivity index (χ3n) is 2.51. The molecule has 1 aliphatic rings. The molecule has 0 radical (unpaired) electrons. The summed E-state index contributed by atoms with van der Waals surface area (Å²) in [5.41, 5.74) is 3.14. The van der Waals surface area contributed by atoms with Gasteiger partial charge in [-0.05, 0) is 32.7 Å². The number of hydrogen-bond acceptors (Lipinski definition) is 2. The van der Waals surface area contributed by atoms with Gasteiger partial charge in [0.05, 0.1) is 17.4 Å². The van der Waals surface area contributed by atoms with Gasteiger partial charge in [0.1, 0.15) is 5.82 Å². The first kappa shape index (κ1) is 9.21. The molecule has 0 saturated carbocycles. The van der Waals surface area contributed by atoms with E-state index in [4.69, 9.17) is 0 Å². The van der Waals surface area contributed by atoms with Crippen LogP contribution in [0.15, 0.2) is 12.7 Å². The highest BCUT2D eigenvalue weighted by Gasteiger charge is 2.22. The number of likely N-dealkylation sites (N-methyl/N-ethyl adjacent to an activating group) is 1. The summed E-state index contributed by atoms with van der Waals surface area (Å²) in [6, 6.07) is 0.269. The summed E-state index contributed by atoms with van der Waals surface area (Å²) in [5.74, 6) is 0.945. The molecule has 1 heterocycles. The third kappa shape index (κ3) is 1.30. The maximum atomic E-state index is 4.43. The molecule has 0 amide bonds. The first-order chi connectivity index (χ1) is 6.59. The predicted molar refractivity (Wildman–Crippen MR) is 58.9 cm³/mol. The smallest absolute Gasteiger partial charge is 0.104 e. The molecular formula is C11H15N3. The molecule has 1 aromatic rings. The van der Waals surface area contributed by atoms with Crippen molar-refractivity contribution < 1.29 is 0 Å². The number of aryl methyl sites for hydroxylation is 1. The average Bonchev–Trinajstić information content (AvgIpc) is 2.46. The SMILES string of the molecule is C=C1c2nc(C)[nH]c2C=CC1N(C)C. The van der Waals surface area contributed by atoms with Crippen molar-refractivity contribution >= 4 is 11.6 Å². The Morgan fingerprint density at radius 2 is 2.21 bits per heavy atom. The molecule has 1 aliphatic carbocycles. The van der Waals surface area contributed by atoms with Crippen LogP contribution < -0.4 is 0 Å². The lowest BCUT2D eigenvalue weighted by Crippen LogP contribution is -2.28. The van der Waals surface area contributed by atoms with Gasteiger partial charge in [-0.15, -0.1) is 0 Å². The minimum Gasteiger partial charge on any atom is -0.342 e. The monoisotopic (exact) mass is 189 g/mol. The van der Waals surface area contributed by atoms with E-state index in [1.165, 1.54) is 0 Å². The zero-order valence-electron chi connectivity index (χ0n) is 8.83. The lowest BCUT2D eigenvalue weighted by molar-refractivity contribution is 0.399. The molecular weight excluding hydrogens is 174 g/mol. The van der Waals surface area contributed by atoms with E-state index in [1.54, 1.807) is 0 Å². The molecule has 0 fully saturated rings. The van der Waals surface area contributed by atoms with Gasteiger partial charge in [0.15, 0.2) is 0 Å². The second kappa shape index (κ2) is 3.10. The Labute approximate surface area is 84.2 Å². The van der Waals surface area contributed by atoms with Gasteiger partial charge in [-0.2, -0.15) is 0 Å². The summed E-state index contributed by atoms with van der Waals surface area (Å²) in [6.45, 7) is 6.06. The van der Waals surface area contributed by atoms with Crippen LogP contribution in [0.25, 0.3) is 11.6 Å². The zero-order valence-corrected chi connectivity index (χ0v) is 8.83. The largest absolute Gasteiger partial charge is 0.342 e. The summed E-state index contributed by atoms with van der Waals surface area (Å²) in [5, 5.41) is 0. The molecule has 2 rings (SSSR count). The van der Waals surface area contributed by atoms with Crippen LogP contribution in [-0.2, 0) is 0 Å². The van der Waals surface area contributed by atoms with Crippen molar-refractivity contribution in [1.82, 2.24) is 14.9 Å². The van der Waals surface area contributed by atoms with E-state index >= 15 is 0 Å². The van der Waals surface area contributed by atoms with Crippen LogP contribution in [0.2, 0.25) is 0 Å². The van der Waals surface area contributed by atoms with Gasteiger partial charge < -0.3 is 4.98 Å². The Morgan fingerprint density at radius 1 is 1.50 bits per heavy atom. The highest BCUT2D eigenvalue weighted by atomic mass is 15.1. The van der Waals surface area contributed by atoms with E-state index in [9.17, 15) is 0 Å². The first-order valence-corrected chi connectivity index (χ1v) is 4.70. The van der Waals surface area contributed by atoms with Gasteiger partial charge in [0.2, 0.25) is 0 Å². The third-order valence-corrected chi connectivity index (χ3v) is 2.51. The number of nitrogens with zero attached hydrogens (tertiary/aromatic N) is 2. The second-order valence-electron chi connectivity index (χ2n) is 3.88. The van der Waals surface area contributed by atoms with Crippen molar-refractivity contribution in [2.75, 3.05) is 14.1 Å². The van der Waals surface area contributed by atoms with Crippen molar-refractivity contribution in [1.29, 1.82) is 0 Å². The summed E-state index contributed by atoms with van der Waals surface area (Å²) >= 11 is 0. The fourth-order valence-electron chi connectivity index (χ4n) is 1.80. The first-order valence-electron chi connectivity index (χ1n) is 4.70. The Hall–Kier alpha value is -1.35. The Balaban J connectivity index is 2.44. The summed E-state index contributed by atoms with van der Waals surface area (Å²) < 4.78 is 0. The number of hydrogen-bond donors (Lipinski definition) is 1. The van der Waals surface area contributed by atoms with Gasteiger partial charge in [0, 0.05) is 0 Å². The molecule has 0 bridgehead atoms. The molecule has 1 N–H and O–H groups in total. The maximum absolute atomic E-state index is 4.43. The fraction of sp³-hybridized carbons (Fsp3) is 0.364. The number of H-pyrrole nitrogens is 1. The van der Waals surface area contributed by atoms with Crippen molar-refractivity contribution in [2.45, 2.75) is 13.0 Å². The molecule has 0 spiro atoms. The van der Waals surface area contributed by atoms with Crippen LogP contribution in [-0.4, -0.2) is 35.0 Å². The van der Waals surface area contributed by atoms with E-state index < -0.39 is 0 Å². The van der Waals surface area contributed by atoms with E-state index in [0.29, 0.717) is 0 Å². The van der Waals surface area contributed by atoms with E-state index in [1.807, 2.05) is 21.0 Å². The topological polar surface area (TPSA) is 31.9 Å². The van der Waals surface area contributed by atoms with Crippen LogP contribution in [0, 0.1) is 6.92 Å². The number of imidazole rings is 1. The fourth-order valence-corrected chi connectivity index (χ4v) is 1.80. The predicted octanol–water partition coefficient (Wildman–Crippen LogP) is 1.69. The minimum absolute atomic E-state index is 0.269. The average molecular weight is 189 g/mol. The lowest BCUT2D eigenvalue weighted by Gasteiger charge is -2.25. The van der Waals surface area contributed by atoms with E-state index in [2.05, 4.69) is 33.6 Å². The number of aromatic nitrogens is 2. The van der Waals surface area contributed by atoms with Gasteiger partial charge in [-0.25, -0.2) is 4.98 Å². The quantitative estimate of drug-likeness (QED) is 0.729. The number of aromatic amines is 1. The summed E-state index contributed by atoms with van der Waals surface area (Å²) in [6.07, 6.45) is 4.22. The molecule has 1 unspecified atom stereocenters. The van der Waals surface area contributed by atoms with Gasteiger partial charge >= 0.3 is 0 Å². The Morgan fingerprint density at radius 3 is 2.86 bits per heavy atom. The van der Waals surface area contributed by atoms with Crippen LogP contribution in [0.1, 0.15) is 17.2 Å². The van der Waals surface area contributed by atoms with Crippen molar-refractivity contribution in [3.63, 3.8) is 0 Å². The maximum Gasteiger partial charge on any atom is 0.104 e. The molecule has 0 aliphatic heterocycles. The molecule has 1 aromatic heterocycles. The Bertz CT molecular complexity index is 399. The zero-order chi connectivity index (χ0) is 10.3. The van der Waals surface area contributed by atoms with Crippen LogP contribution >= 0.6 is 0 Å². The van der Waals surface area contributed by atoms with Crippen LogP contribution in [0.5, 0.6) is 0 Å². The van der Waals surface area contributed by atoms with Gasteiger partial charge in [-0.1, -0.05) is 12.7 Å². The summed E-state index contributed by atoms with van der Waals surface area (Å²) in [7, 11) is 4.09. The molecule has 74 valence electrons. The molecule has 3 nitrogen and oxygen atoms in total. The molecule has 0 aromatic carbocycles. The molecule has 14 heavy (non-hydrogen) atoms. The minimum atomic E-state index is 0.269. The van der Waals surface area contributed by atoms with Crippen LogP contribution in [0.3, 0.4) is 0 Å². The Kier molecular flexibility index (Phi) is 2.04. The number of nitrogens with one attached hydrogen (secondary N) is 1. The number of rotatable bonds is 1.